The molecular weight excluding hydrogens is 304 g/mol. The summed E-state index contributed by atoms with van der Waals surface area (Å²) in [5.41, 5.74) is 2.58. The highest BCUT2D eigenvalue weighted by Crippen LogP contribution is 2.48. The van der Waals surface area contributed by atoms with Gasteiger partial charge < -0.3 is 15.1 Å². The van der Waals surface area contributed by atoms with E-state index in [0.717, 1.165) is 29.2 Å². The Labute approximate surface area is 139 Å². The molecule has 1 aliphatic rings. The number of anilines is 3. The van der Waals surface area contributed by atoms with Crippen LogP contribution in [0.15, 0.2) is 59.5 Å². The molecule has 1 fully saturated rings. The Balaban J connectivity index is 1.40. The summed E-state index contributed by atoms with van der Waals surface area (Å²) in [5, 5.41) is 10.4. The molecule has 1 amide bonds. The smallest absolute Gasteiger partial charge is 0.228 e. The lowest BCUT2D eigenvalue weighted by molar-refractivity contribution is -0.117. The predicted molar refractivity (Wildman–Crippen MR) is 91.1 cm³/mol. The number of rotatable bonds is 5. The first-order valence-corrected chi connectivity index (χ1v) is 7.89. The van der Waals surface area contributed by atoms with Gasteiger partial charge in [-0.05, 0) is 36.8 Å². The number of benzene rings is 1. The summed E-state index contributed by atoms with van der Waals surface area (Å²) in [6.07, 6.45) is 6.13. The molecule has 3 aromatic rings. The second kappa shape index (κ2) is 5.88. The lowest BCUT2D eigenvalue weighted by Gasteiger charge is -2.08. The lowest BCUT2D eigenvalue weighted by atomic mass is 10.2. The zero-order valence-electron chi connectivity index (χ0n) is 13.3. The van der Waals surface area contributed by atoms with Crippen LogP contribution in [0.3, 0.4) is 0 Å². The average molecular weight is 322 g/mol. The van der Waals surface area contributed by atoms with Gasteiger partial charge in [-0.2, -0.15) is 5.10 Å². The van der Waals surface area contributed by atoms with Crippen LogP contribution < -0.4 is 10.6 Å². The number of amides is 1. The summed E-state index contributed by atoms with van der Waals surface area (Å²) < 4.78 is 7.11. The number of hydrogen-bond donors (Lipinski definition) is 2. The van der Waals surface area contributed by atoms with E-state index in [1.807, 2.05) is 49.6 Å². The molecule has 2 N–H and O–H groups in total. The maximum Gasteiger partial charge on any atom is 0.228 e. The second-order valence-corrected chi connectivity index (χ2v) is 6.06. The second-order valence-electron chi connectivity index (χ2n) is 6.06. The average Bonchev–Trinajstić information content (AvgIpc) is 2.97. The van der Waals surface area contributed by atoms with E-state index in [0.29, 0.717) is 0 Å². The first-order valence-electron chi connectivity index (χ1n) is 7.89. The third-order valence-electron chi connectivity index (χ3n) is 4.16. The van der Waals surface area contributed by atoms with Crippen molar-refractivity contribution in [3.8, 4) is 0 Å². The van der Waals surface area contributed by atoms with Crippen molar-refractivity contribution in [1.29, 1.82) is 0 Å². The van der Waals surface area contributed by atoms with E-state index in [1.54, 1.807) is 17.1 Å². The molecule has 0 saturated heterocycles. The first kappa shape index (κ1) is 14.6. The van der Waals surface area contributed by atoms with Gasteiger partial charge in [0.05, 0.1) is 18.1 Å². The summed E-state index contributed by atoms with van der Waals surface area (Å²) in [7, 11) is 1.87. The topological polar surface area (TPSA) is 72.1 Å². The molecule has 6 nitrogen and oxygen atoms in total. The minimum atomic E-state index is -0.00825. The van der Waals surface area contributed by atoms with Crippen molar-refractivity contribution in [3.63, 3.8) is 0 Å². The number of carbonyl (C=O) groups is 1. The predicted octanol–water partition coefficient (Wildman–Crippen LogP) is 3.50. The lowest BCUT2D eigenvalue weighted by Crippen LogP contribution is -2.14. The highest BCUT2D eigenvalue weighted by molar-refractivity contribution is 5.95. The van der Waals surface area contributed by atoms with Crippen molar-refractivity contribution in [1.82, 2.24) is 9.78 Å². The molecule has 2 aromatic heterocycles. The number of aromatic nitrogens is 2. The summed E-state index contributed by atoms with van der Waals surface area (Å²) >= 11 is 0. The maximum absolute atomic E-state index is 12.4. The first-order chi connectivity index (χ1) is 11.7. The van der Waals surface area contributed by atoms with Crippen molar-refractivity contribution < 1.29 is 9.21 Å². The van der Waals surface area contributed by atoms with Gasteiger partial charge in [0, 0.05) is 36.5 Å². The van der Waals surface area contributed by atoms with Gasteiger partial charge in [0.15, 0.2) is 0 Å². The minimum absolute atomic E-state index is 0.00825. The Hall–Kier alpha value is -3.02. The molecule has 0 aliphatic heterocycles. The summed E-state index contributed by atoms with van der Waals surface area (Å²) in [4.78, 5) is 12.4. The Bertz CT molecular complexity index is 854. The molecule has 0 radical (unpaired) electrons. The Morgan fingerprint density at radius 1 is 1.25 bits per heavy atom. The fourth-order valence-corrected chi connectivity index (χ4v) is 2.86. The Kier molecular flexibility index (Phi) is 3.57. The Morgan fingerprint density at radius 2 is 2.12 bits per heavy atom. The van der Waals surface area contributed by atoms with E-state index in [1.165, 1.54) is 0 Å². The fraction of sp³-hybridized carbons (Fsp3) is 0.222. The van der Waals surface area contributed by atoms with E-state index < -0.39 is 0 Å². The number of hydrogen-bond acceptors (Lipinski definition) is 4. The van der Waals surface area contributed by atoms with Crippen molar-refractivity contribution in [2.45, 2.75) is 12.3 Å². The SMILES string of the molecule is Cn1cc(Nc2cccc(NC(=O)C3CC3c3ccco3)c2)cn1. The number of nitrogens with one attached hydrogen (secondary N) is 2. The third-order valence-corrected chi connectivity index (χ3v) is 4.16. The van der Waals surface area contributed by atoms with E-state index in [-0.39, 0.29) is 17.7 Å². The molecule has 122 valence electrons. The van der Waals surface area contributed by atoms with Crippen molar-refractivity contribution in [3.05, 3.63) is 60.8 Å². The van der Waals surface area contributed by atoms with Gasteiger partial charge in [0.1, 0.15) is 5.76 Å². The molecular formula is C18H18N4O2. The van der Waals surface area contributed by atoms with Gasteiger partial charge in [-0.25, -0.2) is 0 Å². The van der Waals surface area contributed by atoms with E-state index in [2.05, 4.69) is 15.7 Å². The maximum atomic E-state index is 12.4. The molecule has 2 heterocycles. The largest absolute Gasteiger partial charge is 0.469 e. The van der Waals surface area contributed by atoms with Gasteiger partial charge in [-0.1, -0.05) is 6.07 Å². The molecule has 0 bridgehead atoms. The van der Waals surface area contributed by atoms with Crippen LogP contribution in [0.2, 0.25) is 0 Å². The number of furan rings is 1. The number of nitrogens with zero attached hydrogens (tertiary/aromatic N) is 2. The van der Waals surface area contributed by atoms with E-state index in [4.69, 9.17) is 4.42 Å². The highest BCUT2D eigenvalue weighted by Gasteiger charge is 2.45. The Morgan fingerprint density at radius 3 is 2.88 bits per heavy atom. The van der Waals surface area contributed by atoms with Crippen LogP contribution in [-0.4, -0.2) is 15.7 Å². The molecule has 24 heavy (non-hydrogen) atoms. The van der Waals surface area contributed by atoms with E-state index in [9.17, 15) is 4.79 Å². The monoisotopic (exact) mass is 322 g/mol. The van der Waals surface area contributed by atoms with Gasteiger partial charge in [0.25, 0.3) is 0 Å². The quantitative estimate of drug-likeness (QED) is 0.754. The van der Waals surface area contributed by atoms with Crippen LogP contribution in [-0.2, 0) is 11.8 Å². The molecule has 1 aliphatic carbocycles. The van der Waals surface area contributed by atoms with Crippen LogP contribution >= 0.6 is 0 Å². The van der Waals surface area contributed by atoms with Crippen LogP contribution in [0.25, 0.3) is 0 Å². The molecule has 6 heteroatoms. The standard InChI is InChI=1S/C18H18N4O2/c1-22-11-14(10-19-22)20-12-4-2-5-13(8-12)21-18(23)16-9-15(16)17-6-3-7-24-17/h2-8,10-11,15-16,20H,9H2,1H3,(H,21,23). The van der Waals surface area contributed by atoms with Crippen LogP contribution in [0.4, 0.5) is 17.1 Å². The van der Waals surface area contributed by atoms with E-state index >= 15 is 0 Å². The molecule has 4 rings (SSSR count). The van der Waals surface area contributed by atoms with Gasteiger partial charge in [-0.3, -0.25) is 9.48 Å². The molecule has 1 aromatic carbocycles. The van der Waals surface area contributed by atoms with Crippen molar-refractivity contribution in [2.24, 2.45) is 13.0 Å². The van der Waals surface area contributed by atoms with Crippen LogP contribution in [0.1, 0.15) is 18.1 Å². The minimum Gasteiger partial charge on any atom is -0.469 e. The van der Waals surface area contributed by atoms with Gasteiger partial charge in [-0.15, -0.1) is 0 Å². The fourth-order valence-electron chi connectivity index (χ4n) is 2.86. The zero-order chi connectivity index (χ0) is 16.5. The third kappa shape index (κ3) is 3.03. The van der Waals surface area contributed by atoms with Gasteiger partial charge in [0.2, 0.25) is 5.91 Å². The van der Waals surface area contributed by atoms with Crippen LogP contribution in [0.5, 0.6) is 0 Å². The molecule has 1 saturated carbocycles. The number of carbonyl (C=O) groups excluding carboxylic acids is 1. The number of aryl methyl sites for hydroxylation is 1. The zero-order valence-corrected chi connectivity index (χ0v) is 13.3. The summed E-state index contributed by atoms with van der Waals surface area (Å²) in [5.74, 6) is 1.12. The normalized spacial score (nSPS) is 19.0. The molecule has 0 spiro atoms. The summed E-state index contributed by atoms with van der Waals surface area (Å²) in [6.45, 7) is 0. The molecule has 2 unspecified atom stereocenters. The summed E-state index contributed by atoms with van der Waals surface area (Å²) in [6, 6.07) is 11.4. The van der Waals surface area contributed by atoms with Crippen molar-refractivity contribution in [2.75, 3.05) is 10.6 Å². The van der Waals surface area contributed by atoms with Crippen LogP contribution in [0, 0.1) is 5.92 Å². The van der Waals surface area contributed by atoms with Gasteiger partial charge >= 0.3 is 0 Å². The van der Waals surface area contributed by atoms with Crippen molar-refractivity contribution >= 4 is 23.0 Å². The molecule has 2 atom stereocenters. The highest BCUT2D eigenvalue weighted by atomic mass is 16.3.